The third kappa shape index (κ3) is 6.04. The molecule has 0 spiro atoms. The van der Waals surface area contributed by atoms with E-state index in [0.29, 0.717) is 0 Å². The number of rotatable bonds is 2. The molecule has 0 rings (SSSR count). The minimum atomic E-state index is 1.50. The molecule has 0 radical (unpaired) electrons. The molecule has 0 N–H and O–H groups in total. The van der Waals surface area contributed by atoms with Crippen molar-refractivity contribution in [2.45, 2.75) is 6.92 Å². The van der Waals surface area contributed by atoms with Crippen molar-refractivity contribution in [1.29, 1.82) is 0 Å². The molecule has 0 aromatic heterocycles. The van der Waals surface area contributed by atoms with E-state index < -0.39 is 0 Å². The molecule has 0 fully saturated rings. The van der Waals surface area contributed by atoms with Crippen molar-refractivity contribution < 1.29 is 19.4 Å². The third-order valence-electron chi connectivity index (χ3n) is 0.493. The molecule has 1 heteroatoms. The SMILES string of the molecule is CC=C/C=C\[CH]=[W]. The molecule has 0 atom stereocenters. The first-order chi connectivity index (χ1) is 3.41. The van der Waals surface area contributed by atoms with E-state index in [9.17, 15) is 0 Å². The van der Waals surface area contributed by atoms with Crippen LogP contribution in [0.15, 0.2) is 24.3 Å². The van der Waals surface area contributed by atoms with Crippen LogP contribution >= 0.6 is 0 Å². The Kier molecular flexibility index (Phi) is 6.07. The van der Waals surface area contributed by atoms with E-state index in [1.54, 1.807) is 0 Å². The molecule has 0 nitrogen and oxygen atoms in total. The van der Waals surface area contributed by atoms with Gasteiger partial charge in [0, 0.05) is 0 Å². The summed E-state index contributed by atoms with van der Waals surface area (Å²) < 4.78 is 2.08. The predicted octanol–water partition coefficient (Wildman–Crippen LogP) is 1.47. The van der Waals surface area contributed by atoms with Crippen LogP contribution in [0.25, 0.3) is 0 Å². The van der Waals surface area contributed by atoms with Crippen molar-refractivity contribution in [3.8, 4) is 0 Å². The standard InChI is InChI=1S/C6H8.W/c1-3-5-6-4-2;/h1,3-6H,2H3;/b5-3-,6-4?;. The summed E-state index contributed by atoms with van der Waals surface area (Å²) in [6.07, 6.45) is 8.08. The normalized spacial score (nSPS) is 11.0. The summed E-state index contributed by atoms with van der Waals surface area (Å²) in [5.74, 6) is 0. The van der Waals surface area contributed by atoms with Crippen molar-refractivity contribution in [2.24, 2.45) is 0 Å². The molecule has 0 heterocycles. The second kappa shape index (κ2) is 6.04. The maximum absolute atomic E-state index is 2.08. The summed E-state index contributed by atoms with van der Waals surface area (Å²) >= 11 is 1.50. The van der Waals surface area contributed by atoms with E-state index in [1.165, 1.54) is 19.4 Å². The topological polar surface area (TPSA) is 0 Å². The quantitative estimate of drug-likeness (QED) is 0.662. The van der Waals surface area contributed by atoms with Crippen LogP contribution in [0.1, 0.15) is 6.92 Å². The Balaban J connectivity index is 3.27. The van der Waals surface area contributed by atoms with Gasteiger partial charge in [0.2, 0.25) is 0 Å². The second-order valence-electron chi connectivity index (χ2n) is 1.05. The number of allylic oxidation sites excluding steroid dienone is 4. The number of hydrogen-bond acceptors (Lipinski definition) is 0. The Bertz CT molecular complexity index is 90.4. The first kappa shape index (κ1) is 7.04. The van der Waals surface area contributed by atoms with Gasteiger partial charge in [0.15, 0.2) is 0 Å². The van der Waals surface area contributed by atoms with Crippen molar-refractivity contribution in [3.05, 3.63) is 24.3 Å². The van der Waals surface area contributed by atoms with Crippen LogP contribution in [-0.2, 0) is 19.4 Å². The van der Waals surface area contributed by atoms with Crippen LogP contribution in [0.3, 0.4) is 0 Å². The van der Waals surface area contributed by atoms with Crippen molar-refractivity contribution in [1.82, 2.24) is 0 Å². The summed E-state index contributed by atoms with van der Waals surface area (Å²) in [7, 11) is 0. The molecule has 0 amide bonds. The third-order valence-corrected chi connectivity index (χ3v) is 1.06. The van der Waals surface area contributed by atoms with Gasteiger partial charge in [-0.05, 0) is 0 Å². The van der Waals surface area contributed by atoms with Gasteiger partial charge in [-0.25, -0.2) is 0 Å². The molecule has 0 saturated carbocycles. The second-order valence-corrected chi connectivity index (χ2v) is 2.02. The van der Waals surface area contributed by atoms with Crippen LogP contribution < -0.4 is 0 Å². The Labute approximate surface area is 55.3 Å². The molecule has 0 aliphatic rings. The van der Waals surface area contributed by atoms with Gasteiger partial charge in [-0.3, -0.25) is 0 Å². The van der Waals surface area contributed by atoms with Gasteiger partial charge in [-0.1, -0.05) is 0 Å². The van der Waals surface area contributed by atoms with Gasteiger partial charge in [-0.15, -0.1) is 0 Å². The Morgan fingerprint density at radius 2 is 1.86 bits per heavy atom. The molecule has 0 aromatic rings. The first-order valence-electron chi connectivity index (χ1n) is 2.15. The molecule has 0 saturated heterocycles. The fraction of sp³-hybridized carbons (Fsp3) is 0.167. The Hall–Kier alpha value is 0.0383. The zero-order valence-corrected chi connectivity index (χ0v) is 7.23. The molecule has 38 valence electrons. The molecule has 0 bridgehead atoms. The van der Waals surface area contributed by atoms with Crippen molar-refractivity contribution in [2.75, 3.05) is 0 Å². The first-order valence-corrected chi connectivity index (χ1v) is 3.84. The Morgan fingerprint density at radius 1 is 1.14 bits per heavy atom. The van der Waals surface area contributed by atoms with Crippen LogP contribution in [0.5, 0.6) is 0 Å². The summed E-state index contributed by atoms with van der Waals surface area (Å²) in [6, 6.07) is 0. The van der Waals surface area contributed by atoms with Gasteiger partial charge in [0.25, 0.3) is 0 Å². The monoisotopic (exact) mass is 264 g/mol. The summed E-state index contributed by atoms with van der Waals surface area (Å²) in [4.78, 5) is 0. The van der Waals surface area contributed by atoms with Gasteiger partial charge in [-0.2, -0.15) is 0 Å². The van der Waals surface area contributed by atoms with Crippen LogP contribution in [-0.4, -0.2) is 4.40 Å². The predicted molar refractivity (Wildman–Crippen MR) is 30.0 cm³/mol. The molecule has 7 heavy (non-hydrogen) atoms. The van der Waals surface area contributed by atoms with Crippen molar-refractivity contribution in [3.63, 3.8) is 0 Å². The van der Waals surface area contributed by atoms with Gasteiger partial charge in [0.1, 0.15) is 0 Å². The van der Waals surface area contributed by atoms with Crippen molar-refractivity contribution >= 4 is 4.40 Å². The van der Waals surface area contributed by atoms with Crippen LogP contribution in [0.2, 0.25) is 0 Å². The molecule has 0 aliphatic heterocycles. The summed E-state index contributed by atoms with van der Waals surface area (Å²) in [5.41, 5.74) is 0. The summed E-state index contributed by atoms with van der Waals surface area (Å²) in [6.45, 7) is 2.01. The maximum atomic E-state index is 2.08. The van der Waals surface area contributed by atoms with E-state index >= 15 is 0 Å². The van der Waals surface area contributed by atoms with E-state index in [0.717, 1.165) is 0 Å². The number of hydrogen-bond donors (Lipinski definition) is 0. The fourth-order valence-corrected chi connectivity index (χ4v) is 0.547. The molecular weight excluding hydrogens is 256 g/mol. The van der Waals surface area contributed by atoms with Gasteiger partial charge in [0.05, 0.1) is 0 Å². The summed E-state index contributed by atoms with van der Waals surface area (Å²) in [5, 5.41) is 0. The molecule has 0 aliphatic carbocycles. The van der Waals surface area contributed by atoms with Gasteiger partial charge < -0.3 is 0 Å². The average molecular weight is 264 g/mol. The van der Waals surface area contributed by atoms with Crippen LogP contribution in [0.4, 0.5) is 0 Å². The molecule has 0 aromatic carbocycles. The van der Waals surface area contributed by atoms with E-state index in [4.69, 9.17) is 0 Å². The minimum absolute atomic E-state index is 1.50. The van der Waals surface area contributed by atoms with Crippen LogP contribution in [0, 0.1) is 0 Å². The fourth-order valence-electron chi connectivity index (χ4n) is 0.221. The molecular formula is C6H8W. The van der Waals surface area contributed by atoms with E-state index in [2.05, 4.69) is 4.40 Å². The molecule has 0 unspecified atom stereocenters. The zero-order chi connectivity index (χ0) is 5.54. The van der Waals surface area contributed by atoms with Gasteiger partial charge >= 0.3 is 55.0 Å². The van der Waals surface area contributed by atoms with E-state index in [1.807, 2.05) is 31.2 Å². The Morgan fingerprint density at radius 3 is 2.29 bits per heavy atom. The van der Waals surface area contributed by atoms with E-state index in [-0.39, 0.29) is 0 Å². The zero-order valence-electron chi connectivity index (χ0n) is 4.29. The average Bonchev–Trinajstić information content (AvgIpc) is 1.69.